The van der Waals surface area contributed by atoms with Gasteiger partial charge in [-0.15, -0.1) is 0 Å². The van der Waals surface area contributed by atoms with Crippen molar-refractivity contribution >= 4 is 17.6 Å². The summed E-state index contributed by atoms with van der Waals surface area (Å²) in [6.07, 6.45) is 6.14. The van der Waals surface area contributed by atoms with Gasteiger partial charge in [-0.3, -0.25) is 10.1 Å². The molecular formula is C18H28N3O2+. The van der Waals surface area contributed by atoms with Crippen LogP contribution in [0.1, 0.15) is 43.2 Å². The Morgan fingerprint density at radius 1 is 1.13 bits per heavy atom. The molecular weight excluding hydrogens is 290 g/mol. The minimum absolute atomic E-state index is 0.227. The third kappa shape index (κ3) is 5.36. The SMILES string of the molecule is Cc1ccc(NC(=O)NC(=O)C[NH+](C)C2CCCCC2)cc1C. The quantitative estimate of drug-likeness (QED) is 0.793. The number of amides is 3. The van der Waals surface area contributed by atoms with Crippen molar-refractivity contribution in [2.24, 2.45) is 0 Å². The number of likely N-dealkylation sites (N-methyl/N-ethyl adjacent to an activating group) is 1. The number of anilines is 1. The predicted octanol–water partition coefficient (Wildman–Crippen LogP) is 1.80. The lowest BCUT2D eigenvalue weighted by molar-refractivity contribution is -0.899. The second-order valence-electron chi connectivity index (χ2n) is 6.66. The van der Waals surface area contributed by atoms with Crippen molar-refractivity contribution in [2.75, 3.05) is 18.9 Å². The second-order valence-corrected chi connectivity index (χ2v) is 6.66. The molecule has 1 aromatic carbocycles. The average Bonchev–Trinajstić information content (AvgIpc) is 2.51. The summed E-state index contributed by atoms with van der Waals surface area (Å²) in [5.74, 6) is -0.227. The van der Waals surface area contributed by atoms with Gasteiger partial charge in [0.15, 0.2) is 6.54 Å². The lowest BCUT2D eigenvalue weighted by atomic mass is 9.94. The number of nitrogens with one attached hydrogen (secondary N) is 3. The van der Waals surface area contributed by atoms with Gasteiger partial charge in [0.2, 0.25) is 0 Å². The highest BCUT2D eigenvalue weighted by atomic mass is 16.2. The maximum Gasteiger partial charge on any atom is 0.326 e. The van der Waals surface area contributed by atoms with Crippen LogP contribution in [0.4, 0.5) is 10.5 Å². The molecule has 23 heavy (non-hydrogen) atoms. The zero-order valence-electron chi connectivity index (χ0n) is 14.4. The summed E-state index contributed by atoms with van der Waals surface area (Å²) in [4.78, 5) is 25.1. The Balaban J connectivity index is 1.79. The molecule has 5 nitrogen and oxygen atoms in total. The topological polar surface area (TPSA) is 62.6 Å². The van der Waals surface area contributed by atoms with E-state index in [-0.39, 0.29) is 5.91 Å². The van der Waals surface area contributed by atoms with Gasteiger partial charge >= 0.3 is 6.03 Å². The van der Waals surface area contributed by atoms with Crippen molar-refractivity contribution in [1.82, 2.24) is 5.32 Å². The molecule has 1 aromatic rings. The van der Waals surface area contributed by atoms with E-state index in [1.807, 2.05) is 39.1 Å². The summed E-state index contributed by atoms with van der Waals surface area (Å²) in [7, 11) is 2.04. The van der Waals surface area contributed by atoms with Crippen LogP contribution in [0.3, 0.4) is 0 Å². The molecule has 0 aliphatic heterocycles. The molecule has 0 radical (unpaired) electrons. The number of rotatable bonds is 4. The molecule has 0 heterocycles. The number of quaternary nitrogens is 1. The minimum atomic E-state index is -0.463. The van der Waals surface area contributed by atoms with Crippen LogP contribution in [0.15, 0.2) is 18.2 Å². The van der Waals surface area contributed by atoms with Crippen molar-refractivity contribution in [3.63, 3.8) is 0 Å². The van der Waals surface area contributed by atoms with E-state index in [1.165, 1.54) is 42.6 Å². The van der Waals surface area contributed by atoms with Gasteiger partial charge in [-0.1, -0.05) is 12.5 Å². The summed E-state index contributed by atoms with van der Waals surface area (Å²) in [5, 5.41) is 5.14. The molecule has 1 saturated carbocycles. The van der Waals surface area contributed by atoms with E-state index in [0.717, 1.165) is 5.56 Å². The first kappa shape index (κ1) is 17.5. The van der Waals surface area contributed by atoms with E-state index in [9.17, 15) is 9.59 Å². The van der Waals surface area contributed by atoms with Crippen LogP contribution >= 0.6 is 0 Å². The third-order valence-corrected chi connectivity index (χ3v) is 4.76. The second kappa shape index (κ2) is 8.11. The molecule has 0 bridgehead atoms. The number of carbonyl (C=O) groups excluding carboxylic acids is 2. The fourth-order valence-electron chi connectivity index (χ4n) is 3.15. The lowest BCUT2D eigenvalue weighted by Gasteiger charge is -2.27. The first-order valence-corrected chi connectivity index (χ1v) is 8.46. The number of aryl methyl sites for hydroxylation is 2. The van der Waals surface area contributed by atoms with Crippen LogP contribution in [-0.4, -0.2) is 31.6 Å². The molecule has 126 valence electrons. The van der Waals surface area contributed by atoms with Gasteiger partial charge in [0, 0.05) is 5.69 Å². The third-order valence-electron chi connectivity index (χ3n) is 4.76. The Morgan fingerprint density at radius 2 is 1.83 bits per heavy atom. The molecule has 0 spiro atoms. The van der Waals surface area contributed by atoms with Crippen molar-refractivity contribution in [1.29, 1.82) is 0 Å². The van der Waals surface area contributed by atoms with Gasteiger partial charge in [0.1, 0.15) is 0 Å². The molecule has 5 heteroatoms. The van der Waals surface area contributed by atoms with Gasteiger partial charge in [-0.2, -0.15) is 0 Å². The van der Waals surface area contributed by atoms with Crippen LogP contribution in [0, 0.1) is 13.8 Å². The molecule has 1 aliphatic carbocycles. The van der Waals surface area contributed by atoms with E-state index in [2.05, 4.69) is 10.6 Å². The van der Waals surface area contributed by atoms with Gasteiger partial charge < -0.3 is 10.2 Å². The highest BCUT2D eigenvalue weighted by Crippen LogP contribution is 2.15. The Bertz CT molecular complexity index is 565. The summed E-state index contributed by atoms with van der Waals surface area (Å²) in [6.45, 7) is 4.35. The van der Waals surface area contributed by atoms with E-state index in [1.54, 1.807) is 0 Å². The summed E-state index contributed by atoms with van der Waals surface area (Å²) >= 11 is 0. The Kier molecular flexibility index (Phi) is 6.16. The number of benzene rings is 1. The minimum Gasteiger partial charge on any atom is -0.327 e. The highest BCUT2D eigenvalue weighted by Gasteiger charge is 2.23. The van der Waals surface area contributed by atoms with E-state index >= 15 is 0 Å². The molecule has 2 rings (SSSR count). The van der Waals surface area contributed by atoms with Crippen LogP contribution in [0.25, 0.3) is 0 Å². The Hall–Kier alpha value is -1.88. The number of urea groups is 1. The van der Waals surface area contributed by atoms with Crippen molar-refractivity contribution < 1.29 is 14.5 Å². The van der Waals surface area contributed by atoms with Crippen molar-refractivity contribution in [2.45, 2.75) is 52.0 Å². The fourth-order valence-corrected chi connectivity index (χ4v) is 3.15. The predicted molar refractivity (Wildman–Crippen MR) is 91.7 cm³/mol. The molecule has 1 aliphatic rings. The number of hydrogen-bond donors (Lipinski definition) is 3. The van der Waals surface area contributed by atoms with Crippen LogP contribution in [-0.2, 0) is 4.79 Å². The Labute approximate surface area is 138 Å². The zero-order valence-corrected chi connectivity index (χ0v) is 14.4. The molecule has 1 atom stereocenters. The zero-order chi connectivity index (χ0) is 16.8. The van der Waals surface area contributed by atoms with Crippen LogP contribution < -0.4 is 15.5 Å². The number of imide groups is 1. The summed E-state index contributed by atoms with van der Waals surface area (Å²) in [6, 6.07) is 5.77. The maximum atomic E-state index is 12.0. The number of hydrogen-bond acceptors (Lipinski definition) is 2. The number of carbonyl (C=O) groups is 2. The molecule has 0 aromatic heterocycles. The molecule has 3 N–H and O–H groups in total. The van der Waals surface area contributed by atoms with Gasteiger partial charge in [0.25, 0.3) is 5.91 Å². The molecule has 0 saturated heterocycles. The normalized spacial score (nSPS) is 16.7. The van der Waals surface area contributed by atoms with Crippen LogP contribution in [0.2, 0.25) is 0 Å². The highest BCUT2D eigenvalue weighted by molar-refractivity contribution is 6.01. The van der Waals surface area contributed by atoms with Crippen molar-refractivity contribution in [3.8, 4) is 0 Å². The summed E-state index contributed by atoms with van der Waals surface area (Å²) in [5.41, 5.74) is 2.98. The van der Waals surface area contributed by atoms with Gasteiger partial charge in [0.05, 0.1) is 13.1 Å². The first-order chi connectivity index (χ1) is 11.0. The van der Waals surface area contributed by atoms with E-state index < -0.39 is 6.03 Å². The maximum absolute atomic E-state index is 12.0. The van der Waals surface area contributed by atoms with Crippen LogP contribution in [0.5, 0.6) is 0 Å². The lowest BCUT2D eigenvalue weighted by Crippen LogP contribution is -3.14. The molecule has 3 amide bonds. The molecule has 1 unspecified atom stereocenters. The smallest absolute Gasteiger partial charge is 0.326 e. The van der Waals surface area contributed by atoms with Gasteiger partial charge in [-0.25, -0.2) is 4.79 Å². The van der Waals surface area contributed by atoms with E-state index in [0.29, 0.717) is 18.3 Å². The van der Waals surface area contributed by atoms with Crippen molar-refractivity contribution in [3.05, 3.63) is 29.3 Å². The summed E-state index contributed by atoms with van der Waals surface area (Å²) < 4.78 is 0. The monoisotopic (exact) mass is 318 g/mol. The first-order valence-electron chi connectivity index (χ1n) is 8.46. The Morgan fingerprint density at radius 3 is 2.48 bits per heavy atom. The average molecular weight is 318 g/mol. The van der Waals surface area contributed by atoms with Gasteiger partial charge in [-0.05, 0) is 62.8 Å². The molecule has 1 fully saturated rings. The fraction of sp³-hybridized carbons (Fsp3) is 0.556. The largest absolute Gasteiger partial charge is 0.327 e. The van der Waals surface area contributed by atoms with E-state index in [4.69, 9.17) is 0 Å². The standard InChI is InChI=1S/C18H27N3O2/c1-13-9-10-15(11-14(13)2)19-18(23)20-17(22)12-21(3)16-7-5-4-6-8-16/h9-11,16H,4-8,12H2,1-3H3,(H2,19,20,22,23)/p+1.